The molecule has 2 aliphatic carbocycles. The Morgan fingerprint density at radius 3 is 2.10 bits per heavy atom. The third-order valence-electron chi connectivity index (χ3n) is 16.8. The summed E-state index contributed by atoms with van der Waals surface area (Å²) in [5.74, 6) is 0.362. The van der Waals surface area contributed by atoms with Gasteiger partial charge in [-0.05, 0) is 131 Å². The fourth-order valence-corrected chi connectivity index (χ4v) is 14.1. The quantitative estimate of drug-likeness (QED) is 0.165. The molecule has 4 heteroatoms. The Labute approximate surface area is 368 Å². The van der Waals surface area contributed by atoms with E-state index in [1.807, 2.05) is 0 Å². The summed E-state index contributed by atoms with van der Waals surface area (Å²) in [6, 6.07) is 61.5. The van der Waals surface area contributed by atoms with E-state index in [-0.39, 0.29) is 28.6 Å². The van der Waals surface area contributed by atoms with Crippen molar-refractivity contribution in [1.29, 1.82) is 0 Å². The molecule has 0 spiro atoms. The maximum absolute atomic E-state index is 2.91. The Balaban J connectivity index is 1.16. The molecule has 4 atom stereocenters. The first-order chi connectivity index (χ1) is 30.1. The highest BCUT2D eigenvalue weighted by atomic mass is 15.3. The number of para-hydroxylation sites is 3. The van der Waals surface area contributed by atoms with Crippen LogP contribution in [0.2, 0.25) is 0 Å². The van der Waals surface area contributed by atoms with Crippen molar-refractivity contribution in [2.24, 2.45) is 0 Å². The van der Waals surface area contributed by atoms with Crippen LogP contribution in [-0.4, -0.2) is 12.3 Å². The molecule has 13 rings (SSSR count). The number of fused-ring (bicyclic) bond motifs is 12. The Kier molecular flexibility index (Phi) is 7.42. The molecule has 4 aliphatic heterocycles. The largest absolute Gasteiger partial charge is 0.335 e. The highest BCUT2D eigenvalue weighted by Crippen LogP contribution is 2.66. The molecule has 6 aliphatic rings. The highest BCUT2D eigenvalue weighted by Gasteiger charge is 2.64. The summed E-state index contributed by atoms with van der Waals surface area (Å²) < 4.78 is 0. The van der Waals surface area contributed by atoms with Gasteiger partial charge in [0.25, 0.3) is 6.71 Å². The summed E-state index contributed by atoms with van der Waals surface area (Å²) >= 11 is 0. The normalized spacial score (nSPS) is 24.7. The molecule has 1 fully saturated rings. The van der Waals surface area contributed by atoms with Crippen LogP contribution in [0, 0.1) is 0 Å². The number of benzene rings is 7. The molecule has 7 aromatic carbocycles. The molecule has 0 amide bonds. The molecule has 0 saturated heterocycles. The van der Waals surface area contributed by atoms with Crippen LogP contribution in [0.15, 0.2) is 158 Å². The van der Waals surface area contributed by atoms with Crippen molar-refractivity contribution in [2.45, 2.75) is 101 Å². The SMILES string of the molecule is CC(C)(C)c1ccc2c(c1)C1CCc3ccccc3C1(C)N2c1cc2c3c(c1)N1c4c(cccc4C4(c5ccccc5)CCCCC14C)B3c1ccccc1N2c1ccccc1. The maximum Gasteiger partial charge on any atom is 0.252 e. The van der Waals surface area contributed by atoms with Crippen LogP contribution in [0.4, 0.5) is 39.8 Å². The lowest BCUT2D eigenvalue weighted by Gasteiger charge is -2.54. The Morgan fingerprint density at radius 2 is 1.27 bits per heavy atom. The number of nitrogens with zero attached hydrogens (tertiary/aromatic N) is 3. The summed E-state index contributed by atoms with van der Waals surface area (Å²) in [5, 5.41) is 0. The maximum atomic E-state index is 2.91. The highest BCUT2D eigenvalue weighted by molar-refractivity contribution is 7.00. The molecule has 0 N–H and O–H groups in total. The van der Waals surface area contributed by atoms with Gasteiger partial charge in [0.2, 0.25) is 0 Å². The minimum atomic E-state index is -0.274. The second kappa shape index (κ2) is 12.6. The molecule has 4 unspecified atom stereocenters. The van der Waals surface area contributed by atoms with Gasteiger partial charge in [0, 0.05) is 51.1 Å². The lowest BCUT2D eigenvalue weighted by atomic mass is 9.33. The summed E-state index contributed by atoms with van der Waals surface area (Å²) in [6.45, 7) is 12.4. The fourth-order valence-electron chi connectivity index (χ4n) is 14.1. The van der Waals surface area contributed by atoms with E-state index >= 15 is 0 Å². The molecule has 304 valence electrons. The predicted molar refractivity (Wildman–Crippen MR) is 261 cm³/mol. The van der Waals surface area contributed by atoms with Crippen LogP contribution in [0.3, 0.4) is 0 Å². The van der Waals surface area contributed by atoms with Gasteiger partial charge in [-0.3, -0.25) is 0 Å². The van der Waals surface area contributed by atoms with Crippen LogP contribution in [0.1, 0.15) is 106 Å². The standard InChI is InChI=1S/C58H54BN3/c1-55(2,3)40-30-32-49-43(35-40)45-31-29-38-19-12-13-24-44(38)57(45,5)61(49)42-36-51-53-52(37-42)62-54-46(58(39-20-8-6-9-21-39)34-17-16-33-56(58,62)4)25-18-27-48(54)59(53)47-26-14-15-28-50(47)60(51)41-22-10-7-11-23-41/h6-15,18-28,30,32,35-37,45H,16-17,29,31,33-34H2,1-5H3. The van der Waals surface area contributed by atoms with Crippen molar-refractivity contribution in [3.63, 3.8) is 0 Å². The number of anilines is 7. The molecular formula is C58H54BN3. The van der Waals surface area contributed by atoms with Crippen molar-refractivity contribution in [1.82, 2.24) is 0 Å². The molecule has 1 saturated carbocycles. The Morgan fingerprint density at radius 1 is 0.581 bits per heavy atom. The van der Waals surface area contributed by atoms with E-state index in [1.165, 1.54) is 102 Å². The van der Waals surface area contributed by atoms with E-state index in [0.29, 0.717) is 5.92 Å². The van der Waals surface area contributed by atoms with Crippen LogP contribution in [0.25, 0.3) is 0 Å². The van der Waals surface area contributed by atoms with Gasteiger partial charge in [-0.25, -0.2) is 0 Å². The summed E-state index contributed by atoms with van der Waals surface area (Å²) in [6.07, 6.45) is 6.97. The first kappa shape index (κ1) is 36.6. The Bertz CT molecular complexity index is 2990. The second-order valence-electron chi connectivity index (χ2n) is 20.6. The molecule has 62 heavy (non-hydrogen) atoms. The van der Waals surface area contributed by atoms with Gasteiger partial charge in [0.15, 0.2) is 0 Å². The van der Waals surface area contributed by atoms with Crippen LogP contribution in [-0.2, 0) is 22.8 Å². The smallest absolute Gasteiger partial charge is 0.252 e. The van der Waals surface area contributed by atoms with Gasteiger partial charge in [-0.15, -0.1) is 0 Å². The van der Waals surface area contributed by atoms with Crippen molar-refractivity contribution in [3.8, 4) is 0 Å². The lowest BCUT2D eigenvalue weighted by Crippen LogP contribution is -2.65. The second-order valence-corrected chi connectivity index (χ2v) is 20.6. The summed E-state index contributed by atoms with van der Waals surface area (Å²) in [7, 11) is 0. The molecular weight excluding hydrogens is 749 g/mol. The van der Waals surface area contributed by atoms with Gasteiger partial charge in [-0.2, -0.15) is 0 Å². The molecule has 7 aromatic rings. The van der Waals surface area contributed by atoms with E-state index in [4.69, 9.17) is 0 Å². The Hall–Kier alpha value is -6.00. The fraction of sp³-hybridized carbons (Fsp3) is 0.276. The van der Waals surface area contributed by atoms with Crippen molar-refractivity contribution in [3.05, 3.63) is 191 Å². The minimum absolute atomic E-state index is 0.0571. The van der Waals surface area contributed by atoms with E-state index < -0.39 is 0 Å². The van der Waals surface area contributed by atoms with Gasteiger partial charge >= 0.3 is 0 Å². The van der Waals surface area contributed by atoms with Crippen LogP contribution >= 0.6 is 0 Å². The summed E-state index contributed by atoms with van der Waals surface area (Å²) in [4.78, 5) is 8.31. The number of aryl methyl sites for hydroxylation is 1. The van der Waals surface area contributed by atoms with Crippen LogP contribution < -0.4 is 31.1 Å². The monoisotopic (exact) mass is 803 g/mol. The zero-order chi connectivity index (χ0) is 41.8. The van der Waals surface area contributed by atoms with Crippen molar-refractivity contribution >= 4 is 62.9 Å². The lowest BCUT2D eigenvalue weighted by molar-refractivity contribution is 0.215. The first-order valence-corrected chi connectivity index (χ1v) is 23.3. The molecule has 0 radical (unpaired) electrons. The third kappa shape index (κ3) is 4.48. The van der Waals surface area contributed by atoms with Gasteiger partial charge < -0.3 is 14.7 Å². The average Bonchev–Trinajstić information content (AvgIpc) is 3.71. The molecule has 3 nitrogen and oxygen atoms in total. The van der Waals surface area contributed by atoms with E-state index in [9.17, 15) is 0 Å². The predicted octanol–water partition coefficient (Wildman–Crippen LogP) is 12.5. The topological polar surface area (TPSA) is 9.72 Å². The van der Waals surface area contributed by atoms with Crippen LogP contribution in [0.5, 0.6) is 0 Å². The number of hydrogen-bond acceptors (Lipinski definition) is 3. The van der Waals surface area contributed by atoms with Gasteiger partial charge in [-0.1, -0.05) is 155 Å². The van der Waals surface area contributed by atoms with Crippen molar-refractivity contribution in [2.75, 3.05) is 14.7 Å². The average molecular weight is 804 g/mol. The summed E-state index contributed by atoms with van der Waals surface area (Å²) in [5.41, 5.74) is 21.8. The van der Waals surface area contributed by atoms with Gasteiger partial charge in [0.05, 0.1) is 11.1 Å². The molecule has 0 aromatic heterocycles. The molecule has 4 heterocycles. The van der Waals surface area contributed by atoms with E-state index in [0.717, 1.165) is 25.7 Å². The number of hydrogen-bond donors (Lipinski definition) is 0. The zero-order valence-corrected chi connectivity index (χ0v) is 36.8. The zero-order valence-electron chi connectivity index (χ0n) is 36.8. The van der Waals surface area contributed by atoms with Crippen molar-refractivity contribution < 1.29 is 0 Å². The first-order valence-electron chi connectivity index (χ1n) is 23.3. The molecule has 0 bridgehead atoms. The van der Waals surface area contributed by atoms with E-state index in [1.54, 1.807) is 0 Å². The van der Waals surface area contributed by atoms with E-state index in [2.05, 4.69) is 207 Å². The number of rotatable bonds is 3. The minimum Gasteiger partial charge on any atom is -0.335 e. The third-order valence-corrected chi connectivity index (χ3v) is 16.8. The van der Waals surface area contributed by atoms with Gasteiger partial charge in [0.1, 0.15) is 0 Å².